The Morgan fingerprint density at radius 2 is 2.47 bits per heavy atom. The van der Waals surface area contributed by atoms with Gasteiger partial charge in [-0.2, -0.15) is 0 Å². The molecule has 0 fully saturated rings. The van der Waals surface area contributed by atoms with Gasteiger partial charge in [-0.25, -0.2) is 4.98 Å². The number of hydrogen-bond donors (Lipinski definition) is 1. The van der Waals surface area contributed by atoms with Crippen LogP contribution in [0, 0.1) is 18.8 Å². The molecule has 15 heavy (non-hydrogen) atoms. The molecule has 0 aliphatic heterocycles. The molecule has 0 radical (unpaired) electrons. The third kappa shape index (κ3) is 3.86. The summed E-state index contributed by atoms with van der Waals surface area (Å²) < 4.78 is 0. The fourth-order valence-corrected chi connectivity index (χ4v) is 1.71. The van der Waals surface area contributed by atoms with E-state index < -0.39 is 6.10 Å². The van der Waals surface area contributed by atoms with Crippen LogP contribution in [0.15, 0.2) is 11.0 Å². The maximum absolute atomic E-state index is 9.72. The average Bonchev–Trinajstić information content (AvgIpc) is 2.60. The van der Waals surface area contributed by atoms with Crippen LogP contribution in [0.25, 0.3) is 6.08 Å². The first-order valence-electron chi connectivity index (χ1n) is 4.81. The van der Waals surface area contributed by atoms with Gasteiger partial charge in [0.05, 0.1) is 16.8 Å². The Bertz CT molecular complexity index is 409. The Balaban J connectivity index is 2.69. The largest absolute Gasteiger partial charge is 0.388 e. The van der Waals surface area contributed by atoms with Crippen molar-refractivity contribution in [3.8, 4) is 11.8 Å². The zero-order valence-corrected chi connectivity index (χ0v) is 10.1. The van der Waals surface area contributed by atoms with Crippen molar-refractivity contribution in [2.75, 3.05) is 0 Å². The summed E-state index contributed by atoms with van der Waals surface area (Å²) in [4.78, 5) is 4.31. The third-order valence-electron chi connectivity index (χ3n) is 2.01. The summed E-state index contributed by atoms with van der Waals surface area (Å²) in [5.41, 5.74) is 1.82. The highest BCUT2D eigenvalue weighted by atomic mass is 32.1. The summed E-state index contributed by atoms with van der Waals surface area (Å²) in [7, 11) is 0. The Hall–Kier alpha value is -1.11. The van der Waals surface area contributed by atoms with Crippen molar-refractivity contribution in [3.05, 3.63) is 21.7 Å². The lowest BCUT2D eigenvalue weighted by molar-refractivity contribution is 0.218. The lowest BCUT2D eigenvalue weighted by Crippen LogP contribution is -2.06. The van der Waals surface area contributed by atoms with Crippen LogP contribution in [0.2, 0.25) is 0 Å². The number of nitrogens with zero attached hydrogens (tertiary/aromatic N) is 1. The summed E-state index contributed by atoms with van der Waals surface area (Å²) in [5, 5.41) is 12.7. The number of aromatic nitrogens is 1. The van der Waals surface area contributed by atoms with Gasteiger partial charge in [0.25, 0.3) is 0 Å². The minimum absolute atomic E-state index is 0.487. The van der Waals surface area contributed by atoms with Crippen LogP contribution in [0.4, 0.5) is 0 Å². The van der Waals surface area contributed by atoms with E-state index in [1.165, 1.54) is 0 Å². The van der Waals surface area contributed by atoms with Crippen molar-refractivity contribution in [1.82, 2.24) is 4.98 Å². The van der Waals surface area contributed by atoms with Crippen molar-refractivity contribution in [2.45, 2.75) is 33.3 Å². The second-order valence-corrected chi connectivity index (χ2v) is 4.39. The lowest BCUT2D eigenvalue weighted by atomic mass is 10.1. The Morgan fingerprint density at radius 3 is 3.00 bits per heavy atom. The molecule has 3 heteroatoms. The molecule has 1 atom stereocenters. The zero-order chi connectivity index (χ0) is 11.3. The predicted molar refractivity (Wildman–Crippen MR) is 64.6 cm³/mol. The molecule has 1 heterocycles. The van der Waals surface area contributed by atoms with Crippen molar-refractivity contribution < 1.29 is 5.11 Å². The second kappa shape index (κ2) is 5.69. The standard InChI is InChI=1S/C12H15NOS/c1-4-5-6-12(14)9(2)7-11-8-15-10(3)13-11/h7-8,12,14H,6H2,1-3H3/b9-7+/t12-/m0/s1. The van der Waals surface area contributed by atoms with Crippen molar-refractivity contribution in [1.29, 1.82) is 0 Å². The van der Waals surface area contributed by atoms with Crippen LogP contribution in [0.3, 0.4) is 0 Å². The molecule has 1 aromatic heterocycles. The molecule has 0 aliphatic carbocycles. The van der Waals surface area contributed by atoms with E-state index in [1.807, 2.05) is 25.3 Å². The van der Waals surface area contributed by atoms with Crippen LogP contribution < -0.4 is 0 Å². The average molecular weight is 221 g/mol. The second-order valence-electron chi connectivity index (χ2n) is 3.33. The molecule has 0 unspecified atom stereocenters. The Labute approximate surface area is 94.7 Å². The van der Waals surface area contributed by atoms with Gasteiger partial charge in [0.1, 0.15) is 0 Å². The summed E-state index contributed by atoms with van der Waals surface area (Å²) in [6, 6.07) is 0. The molecular formula is C12H15NOS. The van der Waals surface area contributed by atoms with E-state index in [4.69, 9.17) is 0 Å². The Morgan fingerprint density at radius 1 is 1.73 bits per heavy atom. The normalized spacial score (nSPS) is 13.2. The van der Waals surface area contributed by atoms with Gasteiger partial charge in [0.2, 0.25) is 0 Å². The van der Waals surface area contributed by atoms with E-state index in [2.05, 4.69) is 16.8 Å². The molecule has 0 saturated heterocycles. The molecule has 0 saturated carbocycles. The molecule has 80 valence electrons. The van der Waals surface area contributed by atoms with E-state index >= 15 is 0 Å². The van der Waals surface area contributed by atoms with Gasteiger partial charge in [-0.1, -0.05) is 0 Å². The fraction of sp³-hybridized carbons (Fsp3) is 0.417. The maximum Gasteiger partial charge on any atom is 0.0901 e. The van der Waals surface area contributed by atoms with Gasteiger partial charge in [-0.05, 0) is 32.4 Å². The van der Waals surface area contributed by atoms with Gasteiger partial charge in [-0.15, -0.1) is 23.2 Å². The number of aliphatic hydroxyl groups is 1. The van der Waals surface area contributed by atoms with E-state index in [1.54, 1.807) is 18.3 Å². The summed E-state index contributed by atoms with van der Waals surface area (Å²) in [6.07, 6.45) is 1.91. The lowest BCUT2D eigenvalue weighted by Gasteiger charge is -2.06. The first-order valence-corrected chi connectivity index (χ1v) is 5.69. The fourth-order valence-electron chi connectivity index (χ4n) is 1.14. The number of thiazole rings is 1. The van der Waals surface area contributed by atoms with Gasteiger partial charge in [0.15, 0.2) is 0 Å². The molecule has 0 aromatic carbocycles. The highest BCUT2D eigenvalue weighted by Gasteiger charge is 2.05. The summed E-state index contributed by atoms with van der Waals surface area (Å²) >= 11 is 1.61. The van der Waals surface area contributed by atoms with E-state index in [-0.39, 0.29) is 0 Å². The first-order chi connectivity index (χ1) is 7.13. The summed E-state index contributed by atoms with van der Waals surface area (Å²) in [5.74, 6) is 5.63. The maximum atomic E-state index is 9.72. The van der Waals surface area contributed by atoms with Crippen LogP contribution >= 0.6 is 11.3 Å². The zero-order valence-electron chi connectivity index (χ0n) is 9.24. The topological polar surface area (TPSA) is 33.1 Å². The minimum Gasteiger partial charge on any atom is -0.388 e. The molecule has 0 aliphatic rings. The molecule has 0 amide bonds. The third-order valence-corrected chi connectivity index (χ3v) is 2.80. The van der Waals surface area contributed by atoms with Crippen molar-refractivity contribution in [2.24, 2.45) is 0 Å². The van der Waals surface area contributed by atoms with Crippen LogP contribution in [-0.4, -0.2) is 16.2 Å². The van der Waals surface area contributed by atoms with Gasteiger partial charge < -0.3 is 5.11 Å². The highest BCUT2D eigenvalue weighted by molar-refractivity contribution is 7.09. The molecule has 1 rings (SSSR count). The first kappa shape index (κ1) is 12.0. The van der Waals surface area contributed by atoms with E-state index in [0.29, 0.717) is 6.42 Å². The van der Waals surface area contributed by atoms with Crippen LogP contribution in [0.1, 0.15) is 31.0 Å². The van der Waals surface area contributed by atoms with Gasteiger partial charge in [0, 0.05) is 11.8 Å². The van der Waals surface area contributed by atoms with Crippen LogP contribution in [-0.2, 0) is 0 Å². The van der Waals surface area contributed by atoms with Crippen LogP contribution in [0.5, 0.6) is 0 Å². The van der Waals surface area contributed by atoms with Crippen molar-refractivity contribution in [3.63, 3.8) is 0 Å². The minimum atomic E-state index is -0.487. The number of rotatable bonds is 3. The number of aryl methyl sites for hydroxylation is 1. The summed E-state index contributed by atoms with van der Waals surface area (Å²) in [6.45, 7) is 5.64. The monoisotopic (exact) mass is 221 g/mol. The van der Waals surface area contributed by atoms with E-state index in [0.717, 1.165) is 16.3 Å². The van der Waals surface area contributed by atoms with Gasteiger partial charge >= 0.3 is 0 Å². The van der Waals surface area contributed by atoms with Crippen molar-refractivity contribution >= 4 is 17.4 Å². The number of hydrogen-bond acceptors (Lipinski definition) is 3. The molecule has 1 N–H and O–H groups in total. The van der Waals surface area contributed by atoms with E-state index in [9.17, 15) is 5.11 Å². The molecular weight excluding hydrogens is 206 g/mol. The quantitative estimate of drug-likeness (QED) is 0.796. The number of aliphatic hydroxyl groups excluding tert-OH is 1. The molecule has 2 nitrogen and oxygen atoms in total. The molecule has 0 bridgehead atoms. The highest BCUT2D eigenvalue weighted by Crippen LogP contribution is 2.14. The predicted octanol–water partition coefficient (Wildman–Crippen LogP) is 2.63. The van der Waals surface area contributed by atoms with Gasteiger partial charge in [-0.3, -0.25) is 0 Å². The smallest absolute Gasteiger partial charge is 0.0901 e. The molecule has 1 aromatic rings. The Kier molecular flexibility index (Phi) is 4.54. The SMILES string of the molecule is CC#CC[C@H](O)/C(C)=C/c1csc(C)n1. The molecule has 0 spiro atoms.